The summed E-state index contributed by atoms with van der Waals surface area (Å²) < 4.78 is 0. The molecule has 2 heterocycles. The highest BCUT2D eigenvalue weighted by molar-refractivity contribution is 7.09. The van der Waals surface area contributed by atoms with Gasteiger partial charge in [-0.05, 0) is 18.1 Å². The lowest BCUT2D eigenvalue weighted by Crippen LogP contribution is -2.23. The summed E-state index contributed by atoms with van der Waals surface area (Å²) in [6.45, 7) is 4.16. The van der Waals surface area contributed by atoms with Gasteiger partial charge >= 0.3 is 5.97 Å². The van der Waals surface area contributed by atoms with Gasteiger partial charge in [-0.1, -0.05) is 24.3 Å². The largest absolute Gasteiger partial charge is 0.481 e. The number of likely N-dealkylation sites (tertiary alicyclic amines) is 1. The SMILES string of the molecule is Cc1ccccc1C1CN(Cc2nccs2)CC1C(=O)O. The number of hydrogen-bond donors (Lipinski definition) is 1. The lowest BCUT2D eigenvalue weighted by Gasteiger charge is -2.17. The molecule has 2 aromatic rings. The van der Waals surface area contributed by atoms with Crippen molar-refractivity contribution < 1.29 is 9.90 Å². The van der Waals surface area contributed by atoms with Gasteiger partial charge in [0.05, 0.1) is 12.5 Å². The number of carboxylic acid groups (broad SMARTS) is 1. The second-order valence-electron chi connectivity index (χ2n) is 5.53. The van der Waals surface area contributed by atoms with Crippen LogP contribution < -0.4 is 0 Å². The molecule has 0 amide bonds. The van der Waals surface area contributed by atoms with E-state index in [1.165, 1.54) is 5.56 Å². The molecule has 1 fully saturated rings. The summed E-state index contributed by atoms with van der Waals surface area (Å²) in [5, 5.41) is 12.5. The molecule has 1 aliphatic rings. The number of aromatic nitrogens is 1. The van der Waals surface area contributed by atoms with Crippen LogP contribution in [0.4, 0.5) is 0 Å². The Morgan fingerprint density at radius 1 is 1.43 bits per heavy atom. The molecule has 21 heavy (non-hydrogen) atoms. The zero-order valence-electron chi connectivity index (χ0n) is 11.9. The van der Waals surface area contributed by atoms with Crippen molar-refractivity contribution in [3.8, 4) is 0 Å². The number of hydrogen-bond acceptors (Lipinski definition) is 4. The predicted molar refractivity (Wildman–Crippen MR) is 82.4 cm³/mol. The van der Waals surface area contributed by atoms with E-state index in [9.17, 15) is 9.90 Å². The van der Waals surface area contributed by atoms with E-state index in [2.05, 4.69) is 28.9 Å². The number of carboxylic acids is 1. The summed E-state index contributed by atoms with van der Waals surface area (Å²) in [4.78, 5) is 18.1. The summed E-state index contributed by atoms with van der Waals surface area (Å²) in [5.74, 6) is -0.986. The Bertz CT molecular complexity index is 627. The van der Waals surface area contributed by atoms with Gasteiger partial charge in [-0.2, -0.15) is 0 Å². The van der Waals surface area contributed by atoms with E-state index in [4.69, 9.17) is 0 Å². The highest BCUT2D eigenvalue weighted by Gasteiger charge is 2.39. The van der Waals surface area contributed by atoms with Crippen molar-refractivity contribution in [3.63, 3.8) is 0 Å². The van der Waals surface area contributed by atoms with Crippen molar-refractivity contribution in [1.29, 1.82) is 0 Å². The topological polar surface area (TPSA) is 53.4 Å². The van der Waals surface area contributed by atoms with Crippen LogP contribution in [-0.4, -0.2) is 34.0 Å². The number of aliphatic carboxylic acids is 1. The molecule has 1 aromatic carbocycles. The molecule has 1 aromatic heterocycles. The quantitative estimate of drug-likeness (QED) is 0.943. The molecule has 0 aliphatic carbocycles. The Labute approximate surface area is 128 Å². The van der Waals surface area contributed by atoms with Gasteiger partial charge in [0.15, 0.2) is 0 Å². The first-order valence-corrected chi connectivity index (χ1v) is 7.92. The van der Waals surface area contributed by atoms with Crippen molar-refractivity contribution >= 4 is 17.3 Å². The first-order chi connectivity index (χ1) is 10.1. The molecule has 0 bridgehead atoms. The van der Waals surface area contributed by atoms with Gasteiger partial charge in [0, 0.05) is 30.6 Å². The normalized spacial score (nSPS) is 22.5. The predicted octanol–water partition coefficient (Wildman–Crippen LogP) is 2.75. The van der Waals surface area contributed by atoms with Crippen LogP contribution in [0.2, 0.25) is 0 Å². The third kappa shape index (κ3) is 2.99. The molecule has 1 aliphatic heterocycles. The van der Waals surface area contributed by atoms with Gasteiger partial charge in [0.25, 0.3) is 0 Å². The van der Waals surface area contributed by atoms with Crippen LogP contribution in [0.1, 0.15) is 22.1 Å². The minimum atomic E-state index is -0.704. The summed E-state index contributed by atoms with van der Waals surface area (Å²) in [6, 6.07) is 8.10. The van der Waals surface area contributed by atoms with Crippen molar-refractivity contribution in [3.05, 3.63) is 52.0 Å². The fourth-order valence-electron chi connectivity index (χ4n) is 3.10. The van der Waals surface area contributed by atoms with Crippen LogP contribution in [0.3, 0.4) is 0 Å². The fourth-order valence-corrected chi connectivity index (χ4v) is 3.76. The average Bonchev–Trinajstić information content (AvgIpc) is 3.09. The molecular weight excluding hydrogens is 284 g/mol. The van der Waals surface area contributed by atoms with Gasteiger partial charge in [0.2, 0.25) is 0 Å². The monoisotopic (exact) mass is 302 g/mol. The van der Waals surface area contributed by atoms with Crippen LogP contribution in [-0.2, 0) is 11.3 Å². The number of aryl methyl sites for hydroxylation is 1. The Kier molecular flexibility index (Phi) is 4.03. The first-order valence-electron chi connectivity index (χ1n) is 7.04. The summed E-state index contributed by atoms with van der Waals surface area (Å²) >= 11 is 1.62. The van der Waals surface area contributed by atoms with Crippen molar-refractivity contribution in [2.24, 2.45) is 5.92 Å². The molecule has 0 saturated carbocycles. The number of thiazole rings is 1. The third-order valence-electron chi connectivity index (χ3n) is 4.14. The molecule has 0 spiro atoms. The lowest BCUT2D eigenvalue weighted by atomic mass is 9.86. The van der Waals surface area contributed by atoms with Crippen LogP contribution in [0.15, 0.2) is 35.8 Å². The number of benzene rings is 1. The summed E-state index contributed by atoms with van der Waals surface area (Å²) in [7, 11) is 0. The Morgan fingerprint density at radius 2 is 2.24 bits per heavy atom. The van der Waals surface area contributed by atoms with E-state index < -0.39 is 5.97 Å². The highest BCUT2D eigenvalue weighted by atomic mass is 32.1. The fraction of sp³-hybridized carbons (Fsp3) is 0.375. The zero-order chi connectivity index (χ0) is 14.8. The second-order valence-corrected chi connectivity index (χ2v) is 6.51. The number of nitrogens with zero attached hydrogens (tertiary/aromatic N) is 2. The minimum Gasteiger partial charge on any atom is -0.481 e. The Hall–Kier alpha value is -1.72. The Balaban J connectivity index is 1.82. The maximum absolute atomic E-state index is 11.6. The highest BCUT2D eigenvalue weighted by Crippen LogP contribution is 2.35. The van der Waals surface area contributed by atoms with Crippen molar-refractivity contribution in [2.75, 3.05) is 13.1 Å². The van der Waals surface area contributed by atoms with Crippen molar-refractivity contribution in [1.82, 2.24) is 9.88 Å². The third-order valence-corrected chi connectivity index (χ3v) is 4.91. The molecule has 0 radical (unpaired) electrons. The average molecular weight is 302 g/mol. The zero-order valence-corrected chi connectivity index (χ0v) is 12.7. The van der Waals surface area contributed by atoms with Gasteiger partial charge < -0.3 is 5.11 Å². The van der Waals surface area contributed by atoms with Crippen LogP contribution in [0.5, 0.6) is 0 Å². The molecule has 4 nitrogen and oxygen atoms in total. The molecule has 2 unspecified atom stereocenters. The molecule has 1 N–H and O–H groups in total. The van der Waals surface area contributed by atoms with Gasteiger partial charge in [0.1, 0.15) is 5.01 Å². The van der Waals surface area contributed by atoms with Gasteiger partial charge in [-0.15, -0.1) is 11.3 Å². The first kappa shape index (κ1) is 14.2. The smallest absolute Gasteiger partial charge is 0.308 e. The standard InChI is InChI=1S/C16H18N2O2S/c1-11-4-2-3-5-12(11)13-8-18(9-14(13)16(19)20)10-15-17-6-7-21-15/h2-7,13-14H,8-10H2,1H3,(H,19,20). The molecule has 110 valence electrons. The van der Waals surface area contributed by atoms with Crippen molar-refractivity contribution in [2.45, 2.75) is 19.4 Å². The number of carbonyl (C=O) groups is 1. The van der Waals surface area contributed by atoms with Crippen LogP contribution >= 0.6 is 11.3 Å². The number of rotatable bonds is 4. The molecule has 3 rings (SSSR count). The molecule has 2 atom stereocenters. The Morgan fingerprint density at radius 3 is 2.90 bits per heavy atom. The molecule has 5 heteroatoms. The van der Waals surface area contributed by atoms with E-state index in [1.54, 1.807) is 17.5 Å². The maximum atomic E-state index is 11.6. The molecular formula is C16H18N2O2S. The molecule has 1 saturated heterocycles. The second kappa shape index (κ2) is 5.95. The van der Waals surface area contributed by atoms with E-state index in [0.29, 0.717) is 6.54 Å². The van der Waals surface area contributed by atoms with E-state index in [1.807, 2.05) is 17.5 Å². The maximum Gasteiger partial charge on any atom is 0.308 e. The van der Waals surface area contributed by atoms with Crippen LogP contribution in [0.25, 0.3) is 0 Å². The lowest BCUT2D eigenvalue weighted by molar-refractivity contribution is -0.141. The minimum absolute atomic E-state index is 0.0589. The summed E-state index contributed by atoms with van der Waals surface area (Å²) in [6.07, 6.45) is 1.80. The summed E-state index contributed by atoms with van der Waals surface area (Å²) in [5.41, 5.74) is 2.33. The van der Waals surface area contributed by atoms with E-state index in [0.717, 1.165) is 23.7 Å². The van der Waals surface area contributed by atoms with E-state index >= 15 is 0 Å². The van der Waals surface area contributed by atoms with Crippen LogP contribution in [0, 0.1) is 12.8 Å². The van der Waals surface area contributed by atoms with Gasteiger partial charge in [-0.3, -0.25) is 9.69 Å². The van der Waals surface area contributed by atoms with Gasteiger partial charge in [-0.25, -0.2) is 4.98 Å². The van der Waals surface area contributed by atoms with E-state index in [-0.39, 0.29) is 11.8 Å².